The van der Waals surface area contributed by atoms with Crippen LogP contribution >= 0.6 is 11.8 Å². The van der Waals surface area contributed by atoms with E-state index in [0.29, 0.717) is 18.7 Å². The van der Waals surface area contributed by atoms with Gasteiger partial charge >= 0.3 is 5.97 Å². The molecule has 0 radical (unpaired) electrons. The molecule has 0 rings (SSSR count). The maximum absolute atomic E-state index is 11.2. The topological polar surface area (TPSA) is 102 Å². The summed E-state index contributed by atoms with van der Waals surface area (Å²) in [5, 5.41) is 11.2. The number of thioether (sulfide) groups is 1. The second-order valence-electron chi connectivity index (χ2n) is 3.08. The largest absolute Gasteiger partial charge is 0.480 e. The quantitative estimate of drug-likeness (QED) is 0.467. The van der Waals surface area contributed by atoms with Crippen LogP contribution in [0.15, 0.2) is 0 Å². The molecule has 0 aromatic rings. The molecule has 0 unspecified atom stereocenters. The van der Waals surface area contributed by atoms with Crippen molar-refractivity contribution in [3.05, 3.63) is 0 Å². The Morgan fingerprint density at radius 1 is 1.56 bits per heavy atom. The van der Waals surface area contributed by atoms with E-state index < -0.39 is 17.9 Å². The number of ether oxygens (including phenoxy) is 1. The van der Waals surface area contributed by atoms with Gasteiger partial charge in [-0.25, -0.2) is 4.79 Å². The molecular formula is C9H18N2O4S. The van der Waals surface area contributed by atoms with E-state index in [9.17, 15) is 9.59 Å². The fourth-order valence-corrected chi connectivity index (χ4v) is 1.45. The van der Waals surface area contributed by atoms with Crippen LogP contribution in [0.3, 0.4) is 0 Å². The highest BCUT2D eigenvalue weighted by atomic mass is 32.2. The Labute approximate surface area is 98.9 Å². The van der Waals surface area contributed by atoms with Crippen molar-refractivity contribution in [3.63, 3.8) is 0 Å². The normalized spacial score (nSPS) is 12.1. The summed E-state index contributed by atoms with van der Waals surface area (Å²) >= 11 is 1.53. The SMILES string of the molecule is CSCC[C@@H](NC(=O)COCCN)C(=O)O. The van der Waals surface area contributed by atoms with Crippen LogP contribution in [0, 0.1) is 0 Å². The average molecular weight is 250 g/mol. The van der Waals surface area contributed by atoms with Crippen LogP contribution < -0.4 is 11.1 Å². The smallest absolute Gasteiger partial charge is 0.326 e. The fourth-order valence-electron chi connectivity index (χ4n) is 0.977. The summed E-state index contributed by atoms with van der Waals surface area (Å²) in [6.07, 6.45) is 2.28. The lowest BCUT2D eigenvalue weighted by atomic mass is 10.2. The summed E-state index contributed by atoms with van der Waals surface area (Å²) < 4.78 is 4.89. The lowest BCUT2D eigenvalue weighted by Gasteiger charge is -2.13. The molecule has 0 aliphatic carbocycles. The molecule has 0 aromatic carbocycles. The van der Waals surface area contributed by atoms with Gasteiger partial charge in [-0.2, -0.15) is 11.8 Å². The highest BCUT2D eigenvalue weighted by Gasteiger charge is 2.18. The number of nitrogens with one attached hydrogen (secondary N) is 1. The third kappa shape index (κ3) is 7.49. The number of hydrogen-bond donors (Lipinski definition) is 3. The molecular weight excluding hydrogens is 232 g/mol. The molecule has 0 saturated carbocycles. The van der Waals surface area contributed by atoms with Crippen LogP contribution in [0.4, 0.5) is 0 Å². The maximum atomic E-state index is 11.2. The van der Waals surface area contributed by atoms with E-state index in [4.69, 9.17) is 15.6 Å². The molecule has 6 nitrogen and oxygen atoms in total. The Balaban J connectivity index is 3.88. The van der Waals surface area contributed by atoms with E-state index in [0.717, 1.165) is 0 Å². The van der Waals surface area contributed by atoms with Crippen molar-refractivity contribution >= 4 is 23.6 Å². The van der Waals surface area contributed by atoms with Crippen molar-refractivity contribution in [2.45, 2.75) is 12.5 Å². The van der Waals surface area contributed by atoms with E-state index in [1.54, 1.807) is 0 Å². The summed E-state index contributed by atoms with van der Waals surface area (Å²) in [5.41, 5.74) is 5.18. The van der Waals surface area contributed by atoms with E-state index in [2.05, 4.69) is 5.32 Å². The number of carbonyl (C=O) groups excluding carboxylic acids is 1. The van der Waals surface area contributed by atoms with Crippen molar-refractivity contribution < 1.29 is 19.4 Å². The summed E-state index contributed by atoms with van der Waals surface area (Å²) in [7, 11) is 0. The average Bonchev–Trinajstić information content (AvgIpc) is 2.24. The summed E-state index contributed by atoms with van der Waals surface area (Å²) in [6, 6.07) is -0.846. The number of hydrogen-bond acceptors (Lipinski definition) is 5. The Morgan fingerprint density at radius 2 is 2.25 bits per heavy atom. The molecule has 1 atom stereocenters. The summed E-state index contributed by atoms with van der Waals surface area (Å²) in [6.45, 7) is 0.471. The Hall–Kier alpha value is -0.790. The highest BCUT2D eigenvalue weighted by molar-refractivity contribution is 7.98. The number of amides is 1. The first kappa shape index (κ1) is 15.2. The Bertz CT molecular complexity index is 226. The fraction of sp³-hybridized carbons (Fsp3) is 0.778. The minimum Gasteiger partial charge on any atom is -0.480 e. The van der Waals surface area contributed by atoms with Gasteiger partial charge in [-0.05, 0) is 18.4 Å². The van der Waals surface area contributed by atoms with Gasteiger partial charge in [-0.1, -0.05) is 0 Å². The van der Waals surface area contributed by atoms with Crippen LogP contribution in [0.1, 0.15) is 6.42 Å². The molecule has 0 heterocycles. The first-order valence-corrected chi connectivity index (χ1v) is 6.30. The van der Waals surface area contributed by atoms with Crippen molar-refractivity contribution in [1.82, 2.24) is 5.32 Å². The van der Waals surface area contributed by atoms with E-state index in [1.807, 2.05) is 6.26 Å². The van der Waals surface area contributed by atoms with E-state index >= 15 is 0 Å². The molecule has 0 fully saturated rings. The third-order valence-electron chi connectivity index (χ3n) is 1.74. The predicted octanol–water partition coefficient (Wildman–Crippen LogP) is -0.716. The zero-order chi connectivity index (χ0) is 12.4. The van der Waals surface area contributed by atoms with E-state index in [1.165, 1.54) is 11.8 Å². The Kier molecular flexibility index (Phi) is 8.97. The first-order valence-electron chi connectivity index (χ1n) is 4.90. The zero-order valence-corrected chi connectivity index (χ0v) is 10.1. The maximum Gasteiger partial charge on any atom is 0.326 e. The van der Waals surface area contributed by atoms with Gasteiger partial charge in [-0.15, -0.1) is 0 Å². The summed E-state index contributed by atoms with van der Waals surface area (Å²) in [4.78, 5) is 22.0. The molecule has 16 heavy (non-hydrogen) atoms. The lowest BCUT2D eigenvalue weighted by molar-refractivity contribution is -0.142. The van der Waals surface area contributed by atoms with Crippen LogP contribution in [-0.4, -0.2) is 54.8 Å². The molecule has 7 heteroatoms. The predicted molar refractivity (Wildman–Crippen MR) is 62.4 cm³/mol. The van der Waals surface area contributed by atoms with Gasteiger partial charge in [0.15, 0.2) is 0 Å². The molecule has 1 amide bonds. The highest BCUT2D eigenvalue weighted by Crippen LogP contribution is 2.00. The number of carboxylic acids is 1. The Morgan fingerprint density at radius 3 is 2.75 bits per heavy atom. The van der Waals surface area contributed by atoms with Crippen molar-refractivity contribution in [3.8, 4) is 0 Å². The molecule has 0 spiro atoms. The monoisotopic (exact) mass is 250 g/mol. The van der Waals surface area contributed by atoms with Crippen LogP contribution in [0.25, 0.3) is 0 Å². The number of aliphatic carboxylic acids is 1. The second kappa shape index (κ2) is 9.44. The number of nitrogens with two attached hydrogens (primary N) is 1. The van der Waals surface area contributed by atoms with Crippen LogP contribution in [0.2, 0.25) is 0 Å². The van der Waals surface area contributed by atoms with Crippen molar-refractivity contribution in [1.29, 1.82) is 0 Å². The first-order chi connectivity index (χ1) is 7.61. The van der Waals surface area contributed by atoms with Crippen molar-refractivity contribution in [2.24, 2.45) is 5.73 Å². The molecule has 4 N–H and O–H groups in total. The standard InChI is InChI=1S/C9H18N2O4S/c1-16-5-2-7(9(13)14)11-8(12)6-15-4-3-10/h7H,2-6,10H2,1H3,(H,11,12)(H,13,14)/t7-/m1/s1. The molecule has 94 valence electrons. The van der Waals surface area contributed by atoms with Gasteiger partial charge in [0.25, 0.3) is 0 Å². The van der Waals surface area contributed by atoms with Gasteiger partial charge in [0, 0.05) is 6.54 Å². The van der Waals surface area contributed by atoms with Gasteiger partial charge in [0.2, 0.25) is 5.91 Å². The van der Waals surface area contributed by atoms with Gasteiger partial charge in [-0.3, -0.25) is 4.79 Å². The van der Waals surface area contributed by atoms with Gasteiger partial charge in [0.05, 0.1) is 6.61 Å². The molecule has 0 bridgehead atoms. The lowest BCUT2D eigenvalue weighted by Crippen LogP contribution is -2.43. The molecule has 0 aliphatic heterocycles. The summed E-state index contributed by atoms with van der Waals surface area (Å²) in [5.74, 6) is -0.774. The molecule has 0 aromatic heterocycles. The number of rotatable bonds is 9. The minimum atomic E-state index is -1.03. The van der Waals surface area contributed by atoms with Gasteiger partial charge < -0.3 is 20.9 Å². The van der Waals surface area contributed by atoms with Crippen LogP contribution in [0.5, 0.6) is 0 Å². The van der Waals surface area contributed by atoms with Gasteiger partial charge in [0.1, 0.15) is 12.6 Å². The van der Waals surface area contributed by atoms with E-state index in [-0.39, 0.29) is 13.2 Å². The minimum absolute atomic E-state index is 0.153. The van der Waals surface area contributed by atoms with Crippen molar-refractivity contribution in [2.75, 3.05) is 31.8 Å². The zero-order valence-electron chi connectivity index (χ0n) is 9.27. The number of carboxylic acid groups (broad SMARTS) is 1. The number of carbonyl (C=O) groups is 2. The molecule has 0 saturated heterocycles. The van der Waals surface area contributed by atoms with Crippen LogP contribution in [-0.2, 0) is 14.3 Å². The third-order valence-corrected chi connectivity index (χ3v) is 2.38. The molecule has 0 aliphatic rings. The second-order valence-corrected chi connectivity index (χ2v) is 4.07.